The minimum atomic E-state index is -3.80. The van der Waals surface area contributed by atoms with Gasteiger partial charge in [0.2, 0.25) is 9.84 Å². The average Bonchev–Trinajstić information content (AvgIpc) is 3.43. The molecule has 0 aliphatic carbocycles. The maximum Gasteiger partial charge on any atom is 0.221 e. The van der Waals surface area contributed by atoms with E-state index >= 15 is 0 Å². The summed E-state index contributed by atoms with van der Waals surface area (Å²) in [5, 5.41) is 1.73. The third-order valence-electron chi connectivity index (χ3n) is 4.99. The third-order valence-corrected chi connectivity index (χ3v) is 8.20. The van der Waals surface area contributed by atoms with Gasteiger partial charge >= 0.3 is 0 Å². The van der Waals surface area contributed by atoms with Gasteiger partial charge in [0, 0.05) is 6.61 Å². The van der Waals surface area contributed by atoms with E-state index in [0.29, 0.717) is 35.3 Å². The zero-order chi connectivity index (χ0) is 19.3. The molecule has 1 aliphatic rings. The number of hydrogen-bond acceptors (Lipinski definition) is 7. The molecule has 4 heterocycles. The van der Waals surface area contributed by atoms with Crippen LogP contribution in [0.5, 0.6) is 0 Å². The van der Waals surface area contributed by atoms with Crippen molar-refractivity contribution in [3.63, 3.8) is 0 Å². The fourth-order valence-electron chi connectivity index (χ4n) is 3.65. The highest BCUT2D eigenvalue weighted by molar-refractivity contribution is 7.93. The number of sulfone groups is 1. The molecule has 0 amide bonds. The van der Waals surface area contributed by atoms with Gasteiger partial charge in [-0.25, -0.2) is 18.4 Å². The van der Waals surface area contributed by atoms with Crippen LogP contribution in [0.25, 0.3) is 22.2 Å². The minimum Gasteiger partial charge on any atom is -0.384 e. The molecule has 28 heavy (non-hydrogen) atoms. The van der Waals surface area contributed by atoms with Crippen LogP contribution in [-0.4, -0.2) is 35.7 Å². The van der Waals surface area contributed by atoms with Gasteiger partial charge in [-0.3, -0.25) is 0 Å². The molecule has 2 N–H and O–H groups in total. The standard InChI is InChI=1S/C19H18N4O3S2/c20-18-17(28(24,25)15-8-4-10-27-15)16-19(23(18)11-12-5-3-9-26-12)22-14-7-2-1-6-13(14)21-16/h1-2,4,6-8,10,12H,3,5,9,11,20H2/t12-/m1/s1. The molecule has 4 aromatic rings. The van der Waals surface area contributed by atoms with Crippen molar-refractivity contribution in [1.29, 1.82) is 0 Å². The Labute approximate surface area is 165 Å². The smallest absolute Gasteiger partial charge is 0.221 e. The van der Waals surface area contributed by atoms with Gasteiger partial charge in [-0.1, -0.05) is 18.2 Å². The lowest BCUT2D eigenvalue weighted by molar-refractivity contribution is 0.0983. The van der Waals surface area contributed by atoms with Crippen LogP contribution < -0.4 is 5.73 Å². The Hall–Kier alpha value is -2.49. The summed E-state index contributed by atoms with van der Waals surface area (Å²) >= 11 is 1.16. The summed E-state index contributed by atoms with van der Waals surface area (Å²) in [6.07, 6.45) is 1.88. The number of rotatable bonds is 4. The summed E-state index contributed by atoms with van der Waals surface area (Å²) < 4.78 is 34.4. The first kappa shape index (κ1) is 17.6. The van der Waals surface area contributed by atoms with Gasteiger partial charge in [0.25, 0.3) is 0 Å². The predicted molar refractivity (Wildman–Crippen MR) is 108 cm³/mol. The third kappa shape index (κ3) is 2.69. The maximum atomic E-state index is 13.3. The van der Waals surface area contributed by atoms with E-state index in [9.17, 15) is 8.42 Å². The van der Waals surface area contributed by atoms with E-state index in [2.05, 4.69) is 4.98 Å². The molecule has 1 saturated heterocycles. The first-order valence-electron chi connectivity index (χ1n) is 9.00. The van der Waals surface area contributed by atoms with Gasteiger partial charge in [-0.2, -0.15) is 0 Å². The molecule has 3 aromatic heterocycles. The van der Waals surface area contributed by atoms with Gasteiger partial charge in [0.05, 0.1) is 23.7 Å². The molecular weight excluding hydrogens is 396 g/mol. The van der Waals surface area contributed by atoms with Gasteiger partial charge in [-0.15, -0.1) is 11.3 Å². The van der Waals surface area contributed by atoms with E-state index in [1.165, 1.54) is 0 Å². The molecule has 0 radical (unpaired) electrons. The number of ether oxygens (including phenoxy) is 1. The highest BCUT2D eigenvalue weighted by atomic mass is 32.2. The number of aromatic nitrogens is 3. The van der Waals surface area contributed by atoms with Gasteiger partial charge in [-0.05, 0) is 36.4 Å². The molecule has 0 spiro atoms. The van der Waals surface area contributed by atoms with Crippen LogP contribution in [0.2, 0.25) is 0 Å². The van der Waals surface area contributed by atoms with Crippen molar-refractivity contribution in [2.24, 2.45) is 0 Å². The summed E-state index contributed by atoms with van der Waals surface area (Å²) in [4.78, 5) is 9.36. The number of nitrogens with zero attached hydrogens (tertiary/aromatic N) is 3. The zero-order valence-corrected chi connectivity index (χ0v) is 16.5. The van der Waals surface area contributed by atoms with Crippen LogP contribution >= 0.6 is 11.3 Å². The molecule has 5 rings (SSSR count). The Balaban J connectivity index is 1.81. The predicted octanol–water partition coefficient (Wildman–Crippen LogP) is 3.24. The summed E-state index contributed by atoms with van der Waals surface area (Å²) in [5.41, 5.74) is 8.51. The summed E-state index contributed by atoms with van der Waals surface area (Å²) in [6, 6.07) is 10.7. The number of nitrogens with two attached hydrogens (primary N) is 1. The Bertz CT molecular complexity index is 1270. The van der Waals surface area contributed by atoms with E-state index < -0.39 is 9.84 Å². The molecule has 0 bridgehead atoms. The molecule has 1 aromatic carbocycles. The Morgan fingerprint density at radius 2 is 1.96 bits per heavy atom. The molecule has 1 aliphatic heterocycles. The number of thiophene rings is 1. The van der Waals surface area contributed by atoms with Crippen LogP contribution in [0.4, 0.5) is 5.82 Å². The lowest BCUT2D eigenvalue weighted by atomic mass is 10.2. The van der Waals surface area contributed by atoms with Crippen LogP contribution in [0.1, 0.15) is 12.8 Å². The molecular formula is C19H18N4O3S2. The number of benzene rings is 1. The van der Waals surface area contributed by atoms with E-state index in [0.717, 1.165) is 24.2 Å². The second kappa shape index (κ2) is 6.54. The first-order chi connectivity index (χ1) is 13.6. The summed E-state index contributed by atoms with van der Waals surface area (Å²) in [6.45, 7) is 1.16. The van der Waals surface area contributed by atoms with Crippen LogP contribution in [0, 0.1) is 0 Å². The molecule has 1 fully saturated rings. The van der Waals surface area contributed by atoms with Crippen molar-refractivity contribution >= 4 is 49.2 Å². The zero-order valence-electron chi connectivity index (χ0n) is 14.9. The van der Waals surface area contributed by atoms with Crippen molar-refractivity contribution in [2.45, 2.75) is 34.6 Å². The molecule has 144 valence electrons. The molecule has 9 heteroatoms. The van der Waals surface area contributed by atoms with Crippen molar-refractivity contribution in [3.05, 3.63) is 41.8 Å². The van der Waals surface area contributed by atoms with Crippen molar-refractivity contribution in [3.8, 4) is 0 Å². The van der Waals surface area contributed by atoms with E-state index in [-0.39, 0.29) is 21.0 Å². The van der Waals surface area contributed by atoms with Crippen LogP contribution in [0.3, 0.4) is 0 Å². The second-order valence-electron chi connectivity index (χ2n) is 6.78. The van der Waals surface area contributed by atoms with Gasteiger partial charge in [0.1, 0.15) is 20.4 Å². The highest BCUT2D eigenvalue weighted by Crippen LogP contribution is 2.37. The number of nitrogen functional groups attached to an aromatic ring is 1. The number of anilines is 1. The highest BCUT2D eigenvalue weighted by Gasteiger charge is 2.32. The number of para-hydroxylation sites is 2. The maximum absolute atomic E-state index is 13.3. The quantitative estimate of drug-likeness (QED) is 0.550. The lowest BCUT2D eigenvalue weighted by Gasteiger charge is -2.13. The molecule has 7 nitrogen and oxygen atoms in total. The monoisotopic (exact) mass is 414 g/mol. The average molecular weight is 415 g/mol. The molecule has 0 unspecified atom stereocenters. The number of fused-ring (bicyclic) bond motifs is 2. The summed E-state index contributed by atoms with van der Waals surface area (Å²) in [5.74, 6) is 0.161. The minimum absolute atomic E-state index is 0.0107. The van der Waals surface area contributed by atoms with Crippen molar-refractivity contribution in [1.82, 2.24) is 14.5 Å². The molecule has 1 atom stereocenters. The normalized spacial score (nSPS) is 17.6. The van der Waals surface area contributed by atoms with E-state index in [4.69, 9.17) is 15.5 Å². The molecule has 0 saturated carbocycles. The second-order valence-corrected chi connectivity index (χ2v) is 9.84. The van der Waals surface area contributed by atoms with Gasteiger partial charge < -0.3 is 15.0 Å². The Morgan fingerprint density at radius 1 is 1.18 bits per heavy atom. The SMILES string of the molecule is Nc1c(S(=O)(=O)c2cccs2)c2nc3ccccc3nc2n1C[C@H]1CCCO1. The lowest BCUT2D eigenvalue weighted by Crippen LogP contribution is -2.17. The fourth-order valence-corrected chi connectivity index (χ4v) is 6.26. The van der Waals surface area contributed by atoms with E-state index in [1.807, 2.05) is 24.3 Å². The topological polar surface area (TPSA) is 100 Å². The van der Waals surface area contributed by atoms with Gasteiger partial charge in [0.15, 0.2) is 5.65 Å². The van der Waals surface area contributed by atoms with Crippen molar-refractivity contribution in [2.75, 3.05) is 12.3 Å². The summed E-state index contributed by atoms with van der Waals surface area (Å²) in [7, 11) is -3.80. The Kier molecular flexibility index (Phi) is 4.11. The van der Waals surface area contributed by atoms with Crippen molar-refractivity contribution < 1.29 is 13.2 Å². The largest absolute Gasteiger partial charge is 0.384 e. The van der Waals surface area contributed by atoms with Crippen LogP contribution in [-0.2, 0) is 21.1 Å². The van der Waals surface area contributed by atoms with E-state index in [1.54, 1.807) is 22.1 Å². The first-order valence-corrected chi connectivity index (χ1v) is 11.4. The fraction of sp³-hybridized carbons (Fsp3) is 0.263. The number of hydrogen-bond donors (Lipinski definition) is 1. The van der Waals surface area contributed by atoms with Crippen LogP contribution in [0.15, 0.2) is 50.9 Å². The Morgan fingerprint density at radius 3 is 2.64 bits per heavy atom.